The van der Waals surface area contributed by atoms with Crippen LogP contribution in [0.5, 0.6) is 0 Å². The molecule has 0 aliphatic carbocycles. The zero-order valence-corrected chi connectivity index (χ0v) is 29.7. The van der Waals surface area contributed by atoms with Crippen LogP contribution in [-0.2, 0) is 0 Å². The minimum absolute atomic E-state index is 1.14. The van der Waals surface area contributed by atoms with E-state index in [4.69, 9.17) is 0 Å². The van der Waals surface area contributed by atoms with Crippen molar-refractivity contribution < 1.29 is 0 Å². The van der Waals surface area contributed by atoms with Gasteiger partial charge in [-0.2, -0.15) is 0 Å². The van der Waals surface area contributed by atoms with Crippen molar-refractivity contribution in [2.75, 3.05) is 0 Å². The summed E-state index contributed by atoms with van der Waals surface area (Å²) in [6.07, 6.45) is 3.94. The van der Waals surface area contributed by atoms with E-state index in [0.29, 0.717) is 0 Å². The van der Waals surface area contributed by atoms with Crippen LogP contribution < -0.4 is 0 Å². The van der Waals surface area contributed by atoms with Gasteiger partial charge in [-0.15, -0.1) is 0 Å². The predicted octanol–water partition coefficient (Wildman–Crippen LogP) is 14.5. The van der Waals surface area contributed by atoms with E-state index < -0.39 is 0 Å². The summed E-state index contributed by atoms with van der Waals surface area (Å²) in [6, 6.07) is 72.7. The molecule has 0 aliphatic heterocycles. The fourth-order valence-corrected chi connectivity index (χ4v) is 8.35. The third-order valence-corrected chi connectivity index (χ3v) is 10.7. The average Bonchev–Trinajstić information content (AvgIpc) is 3.25. The molecule has 0 amide bonds. The van der Waals surface area contributed by atoms with Crippen molar-refractivity contribution in [3.8, 4) is 66.8 Å². The van der Waals surface area contributed by atoms with E-state index in [1.54, 1.807) is 0 Å². The van der Waals surface area contributed by atoms with Crippen LogP contribution in [-0.4, -0.2) is 4.98 Å². The summed E-state index contributed by atoms with van der Waals surface area (Å²) in [5.41, 5.74) is 14.5. The number of hydrogen-bond donors (Lipinski definition) is 0. The summed E-state index contributed by atoms with van der Waals surface area (Å²) in [5.74, 6) is 0. The Bertz CT molecular complexity index is 2860. The van der Waals surface area contributed by atoms with Gasteiger partial charge in [0.2, 0.25) is 0 Å². The Balaban J connectivity index is 1.20. The highest BCUT2D eigenvalue weighted by molar-refractivity contribution is 6.21. The molecule has 0 saturated heterocycles. The second-order valence-electron chi connectivity index (χ2n) is 13.9. The first-order chi connectivity index (χ1) is 26.8. The van der Waals surface area contributed by atoms with Gasteiger partial charge in [-0.25, -0.2) is 0 Å². The van der Waals surface area contributed by atoms with E-state index in [1.165, 1.54) is 82.6 Å². The lowest BCUT2D eigenvalue weighted by Crippen LogP contribution is -1.93. The summed E-state index contributed by atoms with van der Waals surface area (Å²) in [7, 11) is 0. The second-order valence-corrected chi connectivity index (χ2v) is 13.9. The lowest BCUT2D eigenvalue weighted by Gasteiger charge is -2.20. The van der Waals surface area contributed by atoms with E-state index in [1.807, 2.05) is 12.4 Å². The van der Waals surface area contributed by atoms with Gasteiger partial charge < -0.3 is 0 Å². The van der Waals surface area contributed by atoms with E-state index >= 15 is 0 Å². The van der Waals surface area contributed by atoms with Gasteiger partial charge >= 0.3 is 0 Å². The van der Waals surface area contributed by atoms with Gasteiger partial charge in [0.1, 0.15) is 0 Å². The molecule has 1 nitrogen and oxygen atoms in total. The first-order valence-corrected chi connectivity index (χ1v) is 18.5. The van der Waals surface area contributed by atoms with Crippen molar-refractivity contribution in [2.45, 2.75) is 0 Å². The van der Waals surface area contributed by atoms with E-state index in [-0.39, 0.29) is 0 Å². The van der Waals surface area contributed by atoms with Gasteiger partial charge in [-0.3, -0.25) is 4.98 Å². The number of nitrogens with zero attached hydrogens (tertiary/aromatic N) is 1. The summed E-state index contributed by atoms with van der Waals surface area (Å²) in [4.78, 5) is 4.61. The van der Waals surface area contributed by atoms with Gasteiger partial charge in [-0.05, 0) is 100 Å². The van der Waals surface area contributed by atoms with Crippen molar-refractivity contribution in [1.82, 2.24) is 4.98 Å². The summed E-state index contributed by atoms with van der Waals surface area (Å²) < 4.78 is 0. The molecule has 54 heavy (non-hydrogen) atoms. The number of hydrogen-bond acceptors (Lipinski definition) is 1. The monoisotopic (exact) mass is 685 g/mol. The molecule has 1 heterocycles. The molecule has 0 N–H and O–H groups in total. The van der Waals surface area contributed by atoms with Crippen molar-refractivity contribution in [3.05, 3.63) is 213 Å². The molecule has 0 aliphatic rings. The Morgan fingerprint density at radius 3 is 1.17 bits per heavy atom. The maximum atomic E-state index is 4.61. The number of rotatable bonds is 6. The fraction of sp³-hybridized carbons (Fsp3) is 0. The molecule has 0 radical (unpaired) electrons. The first-order valence-electron chi connectivity index (χ1n) is 18.5. The lowest BCUT2D eigenvalue weighted by atomic mass is 9.83. The summed E-state index contributed by atoms with van der Waals surface area (Å²) >= 11 is 0. The zero-order chi connectivity index (χ0) is 35.8. The molecule has 0 unspecified atom stereocenters. The molecule has 10 aromatic rings. The average molecular weight is 686 g/mol. The molecule has 0 saturated carbocycles. The highest BCUT2D eigenvalue weighted by atomic mass is 14.6. The highest BCUT2D eigenvalue weighted by Crippen LogP contribution is 2.46. The maximum Gasteiger partial charge on any atom is 0.0352 e. The summed E-state index contributed by atoms with van der Waals surface area (Å²) in [5, 5.41) is 7.29. The Hall–Kier alpha value is -7.09. The van der Waals surface area contributed by atoms with E-state index in [9.17, 15) is 0 Å². The van der Waals surface area contributed by atoms with Crippen LogP contribution in [0.3, 0.4) is 0 Å². The van der Waals surface area contributed by atoms with Gasteiger partial charge in [0.15, 0.2) is 0 Å². The lowest BCUT2D eigenvalue weighted by molar-refractivity contribution is 1.36. The molecular formula is C53H35N. The number of aromatic nitrogens is 1. The largest absolute Gasteiger partial charge is 0.263 e. The van der Waals surface area contributed by atoms with Gasteiger partial charge in [0.05, 0.1) is 0 Å². The smallest absolute Gasteiger partial charge is 0.0352 e. The molecule has 9 aromatic carbocycles. The Morgan fingerprint density at radius 2 is 0.630 bits per heavy atom. The van der Waals surface area contributed by atoms with Gasteiger partial charge in [0.25, 0.3) is 0 Å². The van der Waals surface area contributed by atoms with Crippen molar-refractivity contribution in [3.63, 3.8) is 0 Å². The van der Waals surface area contributed by atoms with Crippen molar-refractivity contribution >= 4 is 32.3 Å². The third-order valence-electron chi connectivity index (χ3n) is 10.7. The predicted molar refractivity (Wildman–Crippen MR) is 229 cm³/mol. The number of benzene rings is 9. The van der Waals surface area contributed by atoms with Crippen LogP contribution in [0.15, 0.2) is 213 Å². The Morgan fingerprint density at radius 1 is 0.241 bits per heavy atom. The number of pyridine rings is 1. The quantitative estimate of drug-likeness (QED) is 0.159. The summed E-state index contributed by atoms with van der Waals surface area (Å²) in [6.45, 7) is 0. The molecule has 0 atom stereocenters. The van der Waals surface area contributed by atoms with Crippen LogP contribution in [0.25, 0.3) is 99.1 Å². The molecule has 0 bridgehead atoms. The molecule has 1 aromatic heterocycles. The minimum Gasteiger partial charge on any atom is -0.263 e. The van der Waals surface area contributed by atoms with Crippen LogP contribution in [0.1, 0.15) is 0 Å². The SMILES string of the molecule is c1ccc(-c2cccc(-c3ccccc3)c2-c2cccc(-c3c4ccccc4c(-c4cccc(-c5cncc6ccccc56)c4)c4ccccc34)c2)cc1. The molecular weight excluding hydrogens is 651 g/mol. The van der Waals surface area contributed by atoms with Crippen LogP contribution >= 0.6 is 0 Å². The van der Waals surface area contributed by atoms with E-state index in [2.05, 4.69) is 205 Å². The topological polar surface area (TPSA) is 12.9 Å². The molecule has 0 fully saturated rings. The zero-order valence-electron chi connectivity index (χ0n) is 29.7. The van der Waals surface area contributed by atoms with Crippen LogP contribution in [0.2, 0.25) is 0 Å². The second kappa shape index (κ2) is 13.5. The Kier molecular flexibility index (Phi) is 7.89. The molecule has 1 heteroatoms. The maximum absolute atomic E-state index is 4.61. The van der Waals surface area contributed by atoms with Crippen molar-refractivity contribution in [2.24, 2.45) is 0 Å². The highest BCUT2D eigenvalue weighted by Gasteiger charge is 2.19. The van der Waals surface area contributed by atoms with Crippen molar-refractivity contribution in [1.29, 1.82) is 0 Å². The standard InChI is InChI=1S/C53H35N/c1-3-16-36(17-4-1)44-30-15-31-45(37-18-5-2-6-19-37)51(44)40-23-14-24-41(33-40)53-48-28-11-9-26-46(48)52(47-27-10-12-29-49(47)53)39-22-13-21-38(32-39)50-35-54-34-42-20-7-8-25-43(42)50/h1-35H. The minimum atomic E-state index is 1.14. The fourth-order valence-electron chi connectivity index (χ4n) is 8.35. The third kappa shape index (κ3) is 5.46. The van der Waals surface area contributed by atoms with Crippen LogP contribution in [0.4, 0.5) is 0 Å². The molecule has 10 rings (SSSR count). The van der Waals surface area contributed by atoms with E-state index in [0.717, 1.165) is 16.5 Å². The molecule has 0 spiro atoms. The molecule has 252 valence electrons. The van der Waals surface area contributed by atoms with Gasteiger partial charge in [-0.1, -0.05) is 188 Å². The first kappa shape index (κ1) is 31.6. The Labute approximate surface area is 315 Å². The normalized spacial score (nSPS) is 11.3. The van der Waals surface area contributed by atoms with Gasteiger partial charge in [0, 0.05) is 23.3 Å². The number of fused-ring (bicyclic) bond motifs is 3. The van der Waals surface area contributed by atoms with Crippen LogP contribution in [0, 0.1) is 0 Å².